The normalized spacial score (nSPS) is 11.2. The van der Waals surface area contributed by atoms with E-state index in [0.717, 1.165) is 11.3 Å². The Bertz CT molecular complexity index is 730. The summed E-state index contributed by atoms with van der Waals surface area (Å²) in [5, 5.41) is 2.45. The first kappa shape index (κ1) is 10.2. The molecule has 0 amide bonds. The molecule has 2 heterocycles. The highest BCUT2D eigenvalue weighted by atomic mass is 15.0. The number of hydrogen-bond donors (Lipinski definition) is 0. The van der Waals surface area contributed by atoms with Gasteiger partial charge in [-0.25, -0.2) is 0 Å². The molecular weight excluding hydrogens is 208 g/mol. The molecule has 0 bridgehead atoms. The molecule has 0 fully saturated rings. The lowest BCUT2D eigenvalue weighted by Gasteiger charge is -2.04. The lowest BCUT2D eigenvalue weighted by atomic mass is 10.1. The van der Waals surface area contributed by atoms with Crippen LogP contribution in [0, 0.1) is 20.8 Å². The molecule has 0 atom stereocenters. The van der Waals surface area contributed by atoms with Crippen LogP contribution in [0.25, 0.3) is 16.4 Å². The summed E-state index contributed by atoms with van der Waals surface area (Å²) in [6.45, 7) is 6.34. The van der Waals surface area contributed by atoms with Crippen molar-refractivity contribution in [3.05, 3.63) is 53.5 Å². The van der Waals surface area contributed by atoms with E-state index in [9.17, 15) is 0 Å². The SMILES string of the molecule is Cc1nc2c3ccccc3cc[n+]2c(C)c1C. The van der Waals surface area contributed by atoms with Crippen molar-refractivity contribution in [1.82, 2.24) is 4.98 Å². The molecule has 0 aliphatic carbocycles. The van der Waals surface area contributed by atoms with Gasteiger partial charge in [-0.1, -0.05) is 18.2 Å². The highest BCUT2D eigenvalue weighted by molar-refractivity contribution is 5.91. The third-order valence-corrected chi connectivity index (χ3v) is 3.55. The van der Waals surface area contributed by atoms with Gasteiger partial charge in [-0.15, -0.1) is 0 Å². The van der Waals surface area contributed by atoms with Crippen molar-refractivity contribution in [2.45, 2.75) is 20.8 Å². The fraction of sp³-hybridized carbons (Fsp3) is 0.200. The van der Waals surface area contributed by atoms with Crippen LogP contribution in [0.1, 0.15) is 17.0 Å². The van der Waals surface area contributed by atoms with Crippen LogP contribution in [0.4, 0.5) is 0 Å². The van der Waals surface area contributed by atoms with E-state index in [0.29, 0.717) is 0 Å². The van der Waals surface area contributed by atoms with Crippen molar-refractivity contribution in [1.29, 1.82) is 0 Å². The van der Waals surface area contributed by atoms with Crippen molar-refractivity contribution < 1.29 is 4.40 Å². The maximum absolute atomic E-state index is 4.73. The van der Waals surface area contributed by atoms with Gasteiger partial charge in [0, 0.05) is 12.5 Å². The first-order valence-corrected chi connectivity index (χ1v) is 5.85. The molecule has 1 aromatic carbocycles. The third-order valence-electron chi connectivity index (χ3n) is 3.55. The molecule has 3 rings (SSSR count). The fourth-order valence-electron chi connectivity index (χ4n) is 2.27. The smallest absolute Gasteiger partial charge is 0.200 e. The number of fused-ring (bicyclic) bond motifs is 3. The van der Waals surface area contributed by atoms with Crippen LogP contribution in [-0.4, -0.2) is 4.98 Å². The second kappa shape index (κ2) is 3.52. The topological polar surface area (TPSA) is 17.0 Å². The van der Waals surface area contributed by atoms with Crippen LogP contribution >= 0.6 is 0 Å². The van der Waals surface area contributed by atoms with Gasteiger partial charge in [0.05, 0.1) is 11.6 Å². The molecule has 0 radical (unpaired) electrons. The highest BCUT2D eigenvalue weighted by Crippen LogP contribution is 2.17. The van der Waals surface area contributed by atoms with Crippen molar-refractivity contribution in [3.8, 4) is 0 Å². The fourth-order valence-corrected chi connectivity index (χ4v) is 2.27. The van der Waals surface area contributed by atoms with Crippen LogP contribution in [0.3, 0.4) is 0 Å². The van der Waals surface area contributed by atoms with E-state index in [1.165, 1.54) is 22.0 Å². The van der Waals surface area contributed by atoms with E-state index >= 15 is 0 Å². The number of benzene rings is 1. The molecule has 0 saturated heterocycles. The third kappa shape index (κ3) is 1.41. The van der Waals surface area contributed by atoms with E-state index in [4.69, 9.17) is 4.98 Å². The summed E-state index contributed by atoms with van der Waals surface area (Å²) >= 11 is 0. The summed E-state index contributed by atoms with van der Waals surface area (Å²) in [4.78, 5) is 4.73. The quantitative estimate of drug-likeness (QED) is 0.423. The Hall–Kier alpha value is -1.96. The van der Waals surface area contributed by atoms with Crippen LogP contribution in [0.15, 0.2) is 36.5 Å². The average molecular weight is 223 g/mol. The zero-order valence-electron chi connectivity index (χ0n) is 10.4. The molecule has 2 aromatic heterocycles. The summed E-state index contributed by atoms with van der Waals surface area (Å²) in [7, 11) is 0. The predicted octanol–water partition coefficient (Wildman–Crippen LogP) is 2.90. The predicted molar refractivity (Wildman–Crippen MR) is 69.1 cm³/mol. The monoisotopic (exact) mass is 223 g/mol. The van der Waals surface area contributed by atoms with Crippen molar-refractivity contribution in [2.75, 3.05) is 0 Å². The van der Waals surface area contributed by atoms with E-state index < -0.39 is 0 Å². The molecule has 0 aliphatic rings. The summed E-state index contributed by atoms with van der Waals surface area (Å²) in [5.74, 6) is 0. The molecule has 0 spiro atoms. The zero-order chi connectivity index (χ0) is 12.0. The average Bonchev–Trinajstić information content (AvgIpc) is 2.36. The molecule has 0 N–H and O–H groups in total. The van der Waals surface area contributed by atoms with Crippen molar-refractivity contribution in [2.24, 2.45) is 0 Å². The summed E-state index contributed by atoms with van der Waals surface area (Å²) in [6, 6.07) is 10.5. The summed E-state index contributed by atoms with van der Waals surface area (Å²) in [5.41, 5.74) is 4.68. The van der Waals surface area contributed by atoms with E-state index in [1.54, 1.807) is 0 Å². The maximum atomic E-state index is 4.73. The van der Waals surface area contributed by atoms with Crippen molar-refractivity contribution in [3.63, 3.8) is 0 Å². The summed E-state index contributed by atoms with van der Waals surface area (Å²) < 4.78 is 2.17. The van der Waals surface area contributed by atoms with Gasteiger partial charge in [-0.2, -0.15) is 4.40 Å². The molecule has 3 aromatic rings. The largest absolute Gasteiger partial charge is 0.335 e. The second-order valence-corrected chi connectivity index (χ2v) is 4.50. The van der Waals surface area contributed by atoms with E-state index in [-0.39, 0.29) is 0 Å². The highest BCUT2D eigenvalue weighted by Gasteiger charge is 2.15. The Morgan fingerprint density at radius 1 is 1.00 bits per heavy atom. The molecule has 0 aliphatic heterocycles. The number of nitrogens with zero attached hydrogens (tertiary/aromatic N) is 2. The maximum Gasteiger partial charge on any atom is 0.335 e. The van der Waals surface area contributed by atoms with Crippen LogP contribution in [-0.2, 0) is 0 Å². The number of pyridine rings is 1. The molecular formula is C15H15N2+. The van der Waals surface area contributed by atoms with Gasteiger partial charge in [0.15, 0.2) is 5.69 Å². The van der Waals surface area contributed by atoms with Gasteiger partial charge >= 0.3 is 5.65 Å². The number of hydrogen-bond acceptors (Lipinski definition) is 1. The minimum Gasteiger partial charge on any atom is -0.200 e. The number of aromatic nitrogens is 2. The zero-order valence-corrected chi connectivity index (χ0v) is 10.4. The van der Waals surface area contributed by atoms with Gasteiger partial charge in [0.25, 0.3) is 0 Å². The standard InChI is InChI=1S/C15H15N2/c1-10-11(2)16-15-14-7-5-4-6-13(14)8-9-17(15)12(10)3/h4-9H,1-3H3/q+1. The Morgan fingerprint density at radius 3 is 2.59 bits per heavy atom. The molecule has 2 nitrogen and oxygen atoms in total. The summed E-state index contributed by atoms with van der Waals surface area (Å²) in [6.07, 6.45) is 2.10. The lowest BCUT2D eigenvalue weighted by Crippen LogP contribution is -2.28. The van der Waals surface area contributed by atoms with Gasteiger partial charge in [0.1, 0.15) is 5.69 Å². The van der Waals surface area contributed by atoms with Gasteiger partial charge in [0.2, 0.25) is 0 Å². The first-order valence-electron chi connectivity index (χ1n) is 5.85. The number of aryl methyl sites for hydroxylation is 2. The van der Waals surface area contributed by atoms with E-state index in [1.807, 2.05) is 0 Å². The van der Waals surface area contributed by atoms with Gasteiger partial charge in [-0.05, 0) is 36.4 Å². The van der Waals surface area contributed by atoms with E-state index in [2.05, 4.69) is 61.7 Å². The molecule has 0 unspecified atom stereocenters. The van der Waals surface area contributed by atoms with Crippen LogP contribution in [0.5, 0.6) is 0 Å². The Balaban J connectivity index is 2.59. The van der Waals surface area contributed by atoms with Gasteiger partial charge in [-0.3, -0.25) is 0 Å². The molecule has 2 heteroatoms. The Morgan fingerprint density at radius 2 is 1.76 bits per heavy atom. The minimum atomic E-state index is 1.05. The lowest BCUT2D eigenvalue weighted by molar-refractivity contribution is -0.521. The molecule has 84 valence electrons. The number of rotatable bonds is 0. The minimum absolute atomic E-state index is 1.05. The molecule has 17 heavy (non-hydrogen) atoms. The molecule has 0 saturated carbocycles. The van der Waals surface area contributed by atoms with Crippen LogP contribution in [0.2, 0.25) is 0 Å². The Labute approximate surface area is 101 Å². The Kier molecular flexibility index (Phi) is 2.11. The second-order valence-electron chi connectivity index (χ2n) is 4.50. The first-order chi connectivity index (χ1) is 8.18. The van der Waals surface area contributed by atoms with Crippen molar-refractivity contribution >= 4 is 16.4 Å². The van der Waals surface area contributed by atoms with Gasteiger partial charge < -0.3 is 0 Å². The van der Waals surface area contributed by atoms with Crippen LogP contribution < -0.4 is 4.40 Å².